The van der Waals surface area contributed by atoms with Crippen molar-refractivity contribution in [3.05, 3.63) is 71.7 Å². The molecule has 1 fully saturated rings. The van der Waals surface area contributed by atoms with Crippen molar-refractivity contribution < 1.29 is 35.6 Å². The van der Waals surface area contributed by atoms with Crippen LogP contribution in [0.5, 0.6) is 5.75 Å². The van der Waals surface area contributed by atoms with Crippen LogP contribution in [0.25, 0.3) is 11.3 Å². The van der Waals surface area contributed by atoms with Gasteiger partial charge in [0, 0.05) is 36.3 Å². The monoisotopic (exact) mass is 591 g/mol. The molecule has 0 aliphatic carbocycles. The number of halogens is 3. The number of nitrogens with one attached hydrogen (secondary N) is 3. The molecule has 5 rings (SSSR count). The molecule has 0 spiro atoms. The van der Waals surface area contributed by atoms with E-state index in [2.05, 4.69) is 27.6 Å². The quantitative estimate of drug-likeness (QED) is 0.201. The second-order valence-electron chi connectivity index (χ2n) is 9.97. The lowest BCUT2D eigenvalue weighted by atomic mass is 9.80. The number of ether oxygens (including phenoxy) is 2. The Labute approximate surface area is 234 Å². The highest BCUT2D eigenvalue weighted by molar-refractivity contribution is 7.93. The number of aromatic amines is 1. The van der Waals surface area contributed by atoms with Gasteiger partial charge in [-0.25, -0.2) is 12.8 Å². The Morgan fingerprint density at radius 2 is 1.78 bits per heavy atom. The molecule has 1 aliphatic rings. The van der Waals surface area contributed by atoms with Gasteiger partial charge in [-0.2, -0.15) is 13.9 Å². The van der Waals surface area contributed by atoms with E-state index in [1.165, 1.54) is 42.5 Å². The molecule has 1 atom stereocenters. The van der Waals surface area contributed by atoms with Gasteiger partial charge in [0.25, 0.3) is 10.0 Å². The highest BCUT2D eigenvalue weighted by Crippen LogP contribution is 2.37. The van der Waals surface area contributed by atoms with Gasteiger partial charge >= 0.3 is 5.76 Å². The van der Waals surface area contributed by atoms with Crippen molar-refractivity contribution in [2.75, 3.05) is 23.3 Å². The molecule has 1 aliphatic heterocycles. The largest absolute Gasteiger partial charge is 0.484 e. The van der Waals surface area contributed by atoms with Crippen molar-refractivity contribution in [3.63, 3.8) is 0 Å². The summed E-state index contributed by atoms with van der Waals surface area (Å²) in [5, 5.41) is 14.3. The first-order chi connectivity index (χ1) is 19.5. The van der Waals surface area contributed by atoms with E-state index in [0.717, 1.165) is 18.6 Å². The molecule has 218 valence electrons. The Bertz CT molecular complexity index is 1600. The second-order valence-corrected chi connectivity index (χ2v) is 11.6. The van der Waals surface area contributed by atoms with Gasteiger partial charge in [-0.15, -0.1) is 0 Å². The number of H-pyrrole nitrogens is 1. The molecule has 0 radical (unpaired) electrons. The zero-order valence-electron chi connectivity index (χ0n) is 22.2. The summed E-state index contributed by atoms with van der Waals surface area (Å²) >= 11 is 0. The van der Waals surface area contributed by atoms with Crippen LogP contribution in [0.2, 0.25) is 0 Å². The van der Waals surface area contributed by atoms with Crippen molar-refractivity contribution in [2.45, 2.75) is 44.0 Å². The number of anilines is 3. The molecule has 0 amide bonds. The fourth-order valence-electron chi connectivity index (χ4n) is 4.41. The SMILES string of the molecule is C[C@H](Oc1cc(-c2cc(Nc3cc(C4(C)CCOCC4)on3)n[nH]2)ccc1NS(=O)(=O)C(F)F)c1ccc(F)cc1. The highest BCUT2D eigenvalue weighted by Gasteiger charge is 2.33. The summed E-state index contributed by atoms with van der Waals surface area (Å²) in [5.41, 5.74) is 1.29. The number of alkyl halides is 2. The summed E-state index contributed by atoms with van der Waals surface area (Å²) in [6, 6.07) is 13.4. The normalized spacial score (nSPS) is 16.0. The molecule has 4 aromatic rings. The molecule has 3 N–H and O–H groups in total. The van der Waals surface area contributed by atoms with Crippen LogP contribution in [0, 0.1) is 5.82 Å². The van der Waals surface area contributed by atoms with Gasteiger partial charge in [0.05, 0.1) is 11.4 Å². The molecule has 0 bridgehead atoms. The van der Waals surface area contributed by atoms with Crippen molar-refractivity contribution >= 4 is 27.3 Å². The fourth-order valence-corrected chi connectivity index (χ4v) is 4.98. The Balaban J connectivity index is 1.38. The third-order valence-corrected chi connectivity index (χ3v) is 7.93. The third kappa shape index (κ3) is 6.49. The van der Waals surface area contributed by atoms with Crippen LogP contribution in [0.4, 0.5) is 30.5 Å². The zero-order valence-corrected chi connectivity index (χ0v) is 23.0. The molecule has 0 unspecified atom stereocenters. The van der Waals surface area contributed by atoms with Crippen LogP contribution in [0.15, 0.2) is 59.1 Å². The lowest BCUT2D eigenvalue weighted by Crippen LogP contribution is -2.30. The van der Waals surface area contributed by atoms with Crippen LogP contribution in [-0.4, -0.2) is 42.7 Å². The second kappa shape index (κ2) is 11.4. The van der Waals surface area contributed by atoms with E-state index < -0.39 is 27.7 Å². The first-order valence-corrected chi connectivity index (χ1v) is 14.3. The summed E-state index contributed by atoms with van der Waals surface area (Å²) in [6.07, 6.45) is 0.975. The minimum Gasteiger partial charge on any atom is -0.484 e. The summed E-state index contributed by atoms with van der Waals surface area (Å²) in [7, 11) is -4.96. The van der Waals surface area contributed by atoms with Crippen molar-refractivity contribution in [1.82, 2.24) is 15.4 Å². The first-order valence-electron chi connectivity index (χ1n) is 12.8. The first kappa shape index (κ1) is 28.5. The van der Waals surface area contributed by atoms with Crippen LogP contribution in [0.1, 0.15) is 44.1 Å². The Kier molecular flexibility index (Phi) is 7.95. The molecule has 0 saturated carbocycles. The Morgan fingerprint density at radius 3 is 2.49 bits per heavy atom. The van der Waals surface area contributed by atoms with E-state index in [1.54, 1.807) is 13.0 Å². The molecule has 1 saturated heterocycles. The molecule has 2 aromatic heterocycles. The van der Waals surface area contributed by atoms with E-state index in [1.807, 2.05) is 10.8 Å². The van der Waals surface area contributed by atoms with E-state index in [-0.39, 0.29) is 16.9 Å². The van der Waals surface area contributed by atoms with Crippen molar-refractivity contribution in [2.24, 2.45) is 0 Å². The van der Waals surface area contributed by atoms with Gasteiger partial charge in [-0.1, -0.05) is 30.3 Å². The third-order valence-electron chi connectivity index (χ3n) is 6.96. The van der Waals surface area contributed by atoms with E-state index >= 15 is 0 Å². The molecule has 10 nitrogen and oxygen atoms in total. The van der Waals surface area contributed by atoms with Gasteiger partial charge in [-0.05, 0) is 49.6 Å². The van der Waals surface area contributed by atoms with Gasteiger partial charge in [-0.3, -0.25) is 9.82 Å². The zero-order chi connectivity index (χ0) is 29.2. The van der Waals surface area contributed by atoms with E-state index in [9.17, 15) is 21.6 Å². The maximum atomic E-state index is 13.4. The number of aromatic nitrogens is 3. The number of benzene rings is 2. The van der Waals surface area contributed by atoms with Gasteiger partial charge in [0.2, 0.25) is 0 Å². The Morgan fingerprint density at radius 1 is 1.05 bits per heavy atom. The molecule has 3 heterocycles. The smallest absolute Gasteiger partial charge is 0.355 e. The maximum Gasteiger partial charge on any atom is 0.355 e. The van der Waals surface area contributed by atoms with Crippen molar-refractivity contribution in [1.29, 1.82) is 0 Å². The minimum absolute atomic E-state index is 0.0153. The predicted molar refractivity (Wildman–Crippen MR) is 145 cm³/mol. The number of rotatable bonds is 10. The predicted octanol–water partition coefficient (Wildman–Crippen LogP) is 6.12. The number of sulfonamides is 1. The van der Waals surface area contributed by atoms with Crippen LogP contribution >= 0.6 is 0 Å². The van der Waals surface area contributed by atoms with Crippen LogP contribution in [-0.2, 0) is 20.2 Å². The van der Waals surface area contributed by atoms with Crippen LogP contribution < -0.4 is 14.8 Å². The Hall–Kier alpha value is -4.04. The lowest BCUT2D eigenvalue weighted by molar-refractivity contribution is 0.0467. The number of hydrogen-bond acceptors (Lipinski definition) is 8. The molecular weight excluding hydrogens is 563 g/mol. The standard InChI is InChI=1S/C27H28F3N5O5S/c1-16(17-3-6-19(28)7-4-17)39-22-13-18(5-8-20(22)35-41(36,37)26(29)30)21-14-24(33-32-21)31-25-15-23(40-34-25)27(2)9-11-38-12-10-27/h3-8,13-16,26,35H,9-12H2,1-2H3,(H2,31,32,33,34)/t16-/m0/s1. The summed E-state index contributed by atoms with van der Waals surface area (Å²) in [4.78, 5) is 0. The van der Waals surface area contributed by atoms with E-state index in [4.69, 9.17) is 14.0 Å². The summed E-state index contributed by atoms with van der Waals surface area (Å²) < 4.78 is 82.2. The average Bonchev–Trinajstić information content (AvgIpc) is 3.61. The van der Waals surface area contributed by atoms with Crippen molar-refractivity contribution in [3.8, 4) is 17.0 Å². The molecular formula is C27H28F3N5O5S. The fraction of sp³-hybridized carbons (Fsp3) is 0.333. The number of nitrogens with zero attached hydrogens (tertiary/aromatic N) is 2. The van der Waals surface area contributed by atoms with Gasteiger partial charge < -0.3 is 19.3 Å². The maximum absolute atomic E-state index is 13.4. The summed E-state index contributed by atoms with van der Waals surface area (Å²) in [6.45, 7) is 5.07. The summed E-state index contributed by atoms with van der Waals surface area (Å²) in [5.74, 6) is -2.44. The highest BCUT2D eigenvalue weighted by atomic mass is 32.2. The molecule has 41 heavy (non-hydrogen) atoms. The average molecular weight is 592 g/mol. The topological polar surface area (TPSA) is 131 Å². The van der Waals surface area contributed by atoms with E-state index in [0.29, 0.717) is 41.7 Å². The molecule has 14 heteroatoms. The lowest BCUT2D eigenvalue weighted by Gasteiger charge is -2.30. The van der Waals surface area contributed by atoms with Gasteiger partial charge in [0.15, 0.2) is 11.6 Å². The van der Waals surface area contributed by atoms with Crippen LogP contribution in [0.3, 0.4) is 0 Å². The minimum atomic E-state index is -4.96. The number of hydrogen-bond donors (Lipinski definition) is 3. The van der Waals surface area contributed by atoms with Gasteiger partial charge in [0.1, 0.15) is 23.4 Å². The molecule has 2 aromatic carbocycles.